The molecule has 1 unspecified atom stereocenters. The lowest BCUT2D eigenvalue weighted by atomic mass is 9.95. The Labute approximate surface area is 303 Å². The van der Waals surface area contributed by atoms with Crippen molar-refractivity contribution < 1.29 is 27.0 Å². The van der Waals surface area contributed by atoms with Gasteiger partial charge in [-0.1, -0.05) is 6.07 Å². The van der Waals surface area contributed by atoms with Gasteiger partial charge >= 0.3 is 12.2 Å². The van der Waals surface area contributed by atoms with Crippen molar-refractivity contribution in [3.63, 3.8) is 0 Å². The second-order valence-corrected chi connectivity index (χ2v) is 15.4. The van der Waals surface area contributed by atoms with Crippen LogP contribution in [0.5, 0.6) is 0 Å². The zero-order chi connectivity index (χ0) is 36.2. The van der Waals surface area contributed by atoms with Crippen LogP contribution in [0.1, 0.15) is 37.7 Å². The molecule has 1 aromatic heterocycles. The van der Waals surface area contributed by atoms with Crippen LogP contribution < -0.4 is 25.3 Å². The van der Waals surface area contributed by atoms with Gasteiger partial charge in [0.25, 0.3) is 0 Å². The Bertz CT molecular complexity index is 1720. The Hall–Kier alpha value is -4.28. The number of carbonyl (C=O) groups is 2. The lowest BCUT2D eigenvalue weighted by molar-refractivity contribution is -0.138. The molecule has 4 aliphatic rings. The first-order valence-electron chi connectivity index (χ1n) is 18.0. The minimum absolute atomic E-state index is 0.00842. The van der Waals surface area contributed by atoms with E-state index in [0.29, 0.717) is 44.8 Å². The highest BCUT2D eigenvalue weighted by Crippen LogP contribution is 2.30. The average molecular weight is 740 g/mol. The second kappa shape index (κ2) is 15.8. The summed E-state index contributed by atoms with van der Waals surface area (Å²) in [6.07, 6.45) is 0.970. The number of imide groups is 1. The van der Waals surface area contributed by atoms with Gasteiger partial charge < -0.3 is 15.1 Å². The van der Waals surface area contributed by atoms with Crippen molar-refractivity contribution in [3.8, 4) is 0 Å². The summed E-state index contributed by atoms with van der Waals surface area (Å²) in [4.78, 5) is 41.0. The van der Waals surface area contributed by atoms with Crippen molar-refractivity contribution in [2.45, 2.75) is 49.2 Å². The summed E-state index contributed by atoms with van der Waals surface area (Å²) in [5.41, 5.74) is 2.15. The number of carbonyl (C=O) groups excluding carboxylic acids is 2. The number of anilines is 4. The van der Waals surface area contributed by atoms with Crippen LogP contribution >= 0.6 is 0 Å². The summed E-state index contributed by atoms with van der Waals surface area (Å²) in [6, 6.07) is 15.7. The van der Waals surface area contributed by atoms with Crippen LogP contribution in [0.15, 0.2) is 65.8 Å². The zero-order valence-corrected chi connectivity index (χ0v) is 29.7. The average Bonchev–Trinajstić information content (AvgIpc) is 3.16. The number of urea groups is 1. The molecule has 1 atom stereocenters. The fraction of sp³-hybridized carbons (Fsp3) is 0.500. The van der Waals surface area contributed by atoms with E-state index in [0.717, 1.165) is 93.0 Å². The van der Waals surface area contributed by atoms with Gasteiger partial charge in [0.15, 0.2) is 0 Å². The van der Waals surface area contributed by atoms with E-state index in [1.165, 1.54) is 0 Å². The third-order valence-corrected chi connectivity index (χ3v) is 12.0. The van der Waals surface area contributed by atoms with Gasteiger partial charge in [0.2, 0.25) is 11.9 Å². The Morgan fingerprint density at radius 2 is 1.44 bits per heavy atom. The van der Waals surface area contributed by atoms with Crippen molar-refractivity contribution in [1.29, 1.82) is 0 Å². The fourth-order valence-electron chi connectivity index (χ4n) is 7.42. The molecule has 4 saturated heterocycles. The first-order valence-corrected chi connectivity index (χ1v) is 19.1. The Morgan fingerprint density at radius 1 is 0.788 bits per heavy atom. The molecule has 7 rings (SSSR count). The third kappa shape index (κ3) is 8.67. The maximum absolute atomic E-state index is 13.6. The van der Waals surface area contributed by atoms with E-state index >= 15 is 0 Å². The molecule has 5 heterocycles. The van der Waals surface area contributed by atoms with Gasteiger partial charge in [0.1, 0.15) is 11.0 Å². The van der Waals surface area contributed by atoms with Gasteiger partial charge in [-0.15, -0.1) is 0 Å². The standard InChI is InChI=1S/C36H44F3N9O3S/c37-36(38,39)27-23-40-34(41-24-27)42-28-10-15-47(16-11-28)52(51)32-3-1-2-31(22-32)45-13-8-26(9-14-45)25-44-18-20-46(21-19-44)29-4-6-30(7-5-29)48-17-12-33(49)43-35(48)50/h1-7,22-24,26,28H,8-21,25H2,(H,40,41,42)(H,43,49,50). The number of rotatable bonds is 9. The summed E-state index contributed by atoms with van der Waals surface area (Å²) in [5, 5.41) is 5.49. The Balaban J connectivity index is 0.831. The molecule has 0 spiro atoms. The highest BCUT2D eigenvalue weighted by Gasteiger charge is 2.32. The van der Waals surface area contributed by atoms with Crippen molar-refractivity contribution >= 4 is 45.9 Å². The molecule has 3 amide bonds. The first kappa shape index (κ1) is 36.1. The molecule has 52 heavy (non-hydrogen) atoms. The van der Waals surface area contributed by atoms with Crippen LogP contribution in [-0.4, -0.2) is 107 Å². The summed E-state index contributed by atoms with van der Waals surface area (Å²) in [5.74, 6) is 0.561. The molecule has 12 nitrogen and oxygen atoms in total. The normalized spacial score (nSPS) is 20.9. The van der Waals surface area contributed by atoms with E-state index in [2.05, 4.69) is 53.5 Å². The number of benzene rings is 2. The number of aromatic nitrogens is 2. The molecule has 16 heteroatoms. The molecule has 4 fully saturated rings. The number of piperazine rings is 1. The number of hydrogen-bond acceptors (Lipinski definition) is 9. The topological polar surface area (TPSA) is 117 Å². The van der Waals surface area contributed by atoms with Gasteiger partial charge in [-0.25, -0.2) is 23.3 Å². The summed E-state index contributed by atoms with van der Waals surface area (Å²) >= 11 is 0. The van der Waals surface area contributed by atoms with E-state index < -0.39 is 22.7 Å². The molecular formula is C36H44F3N9O3S. The molecule has 2 aromatic carbocycles. The summed E-state index contributed by atoms with van der Waals surface area (Å²) < 4.78 is 54.0. The highest BCUT2D eigenvalue weighted by molar-refractivity contribution is 7.82. The van der Waals surface area contributed by atoms with Gasteiger partial charge in [-0.05, 0) is 74.1 Å². The van der Waals surface area contributed by atoms with Crippen LogP contribution in [0.2, 0.25) is 0 Å². The van der Waals surface area contributed by atoms with Crippen molar-refractivity contribution in [1.82, 2.24) is 24.5 Å². The number of amides is 3. The van der Waals surface area contributed by atoms with Crippen molar-refractivity contribution in [3.05, 3.63) is 66.5 Å². The van der Waals surface area contributed by atoms with E-state index in [1.54, 1.807) is 4.90 Å². The van der Waals surface area contributed by atoms with Crippen LogP contribution in [0.3, 0.4) is 0 Å². The van der Waals surface area contributed by atoms with E-state index in [9.17, 15) is 27.0 Å². The molecule has 2 N–H and O–H groups in total. The molecule has 0 aliphatic carbocycles. The third-order valence-electron chi connectivity index (χ3n) is 10.5. The zero-order valence-electron chi connectivity index (χ0n) is 28.9. The predicted octanol–water partition coefficient (Wildman–Crippen LogP) is 4.58. The van der Waals surface area contributed by atoms with E-state index in [4.69, 9.17) is 0 Å². The van der Waals surface area contributed by atoms with Gasteiger partial charge in [-0.3, -0.25) is 19.9 Å². The quantitative estimate of drug-likeness (QED) is 0.326. The van der Waals surface area contributed by atoms with E-state index in [1.807, 2.05) is 34.6 Å². The molecule has 0 bridgehead atoms. The summed E-state index contributed by atoms with van der Waals surface area (Å²) in [6.45, 7) is 8.47. The molecule has 3 aromatic rings. The maximum atomic E-state index is 13.6. The lowest BCUT2D eigenvalue weighted by Crippen LogP contribution is -2.49. The molecular weight excluding hydrogens is 696 g/mol. The molecule has 0 radical (unpaired) electrons. The van der Waals surface area contributed by atoms with Crippen molar-refractivity contribution in [2.75, 3.05) is 85.5 Å². The molecule has 278 valence electrons. The van der Waals surface area contributed by atoms with Gasteiger partial charge in [0.05, 0.1) is 10.5 Å². The summed E-state index contributed by atoms with van der Waals surface area (Å²) in [7, 11) is -1.31. The first-order chi connectivity index (χ1) is 25.1. The highest BCUT2D eigenvalue weighted by atomic mass is 32.2. The van der Waals surface area contributed by atoms with Gasteiger partial charge in [0, 0.05) is 107 Å². The number of piperidine rings is 2. The van der Waals surface area contributed by atoms with Crippen LogP contribution in [-0.2, 0) is 22.0 Å². The number of nitrogens with one attached hydrogen (secondary N) is 2. The molecule has 4 aliphatic heterocycles. The predicted molar refractivity (Wildman–Crippen MR) is 194 cm³/mol. The van der Waals surface area contributed by atoms with Gasteiger partial charge in [-0.2, -0.15) is 13.2 Å². The Kier molecular flexibility index (Phi) is 10.9. The lowest BCUT2D eigenvalue weighted by Gasteiger charge is -2.40. The minimum atomic E-state index is -4.47. The Morgan fingerprint density at radius 3 is 2.10 bits per heavy atom. The smallest absolute Gasteiger partial charge is 0.371 e. The van der Waals surface area contributed by atoms with Crippen LogP contribution in [0, 0.1) is 5.92 Å². The number of halogens is 3. The van der Waals surface area contributed by atoms with Crippen LogP contribution in [0.4, 0.5) is 41.0 Å². The number of nitrogens with zero attached hydrogens (tertiary/aromatic N) is 7. The number of hydrogen-bond donors (Lipinski definition) is 2. The van der Waals surface area contributed by atoms with E-state index in [-0.39, 0.29) is 23.9 Å². The largest absolute Gasteiger partial charge is 0.419 e. The SMILES string of the molecule is O=C1CCN(c2ccc(N3CCN(CC4CCN(c5cccc(S(=O)N6CCC(Nc7ncc(C(F)(F)F)cn7)CC6)c5)CC4)CC3)cc2)C(=O)N1. The fourth-order valence-corrected chi connectivity index (χ4v) is 8.67. The second-order valence-electron chi connectivity index (χ2n) is 13.9. The molecule has 0 saturated carbocycles. The van der Waals surface area contributed by atoms with Crippen LogP contribution in [0.25, 0.3) is 0 Å². The maximum Gasteiger partial charge on any atom is 0.419 e. The number of alkyl halides is 3. The minimum Gasteiger partial charge on any atom is -0.371 e. The monoisotopic (exact) mass is 739 g/mol. The van der Waals surface area contributed by atoms with Crippen molar-refractivity contribution in [2.24, 2.45) is 5.92 Å².